The van der Waals surface area contributed by atoms with E-state index in [1.54, 1.807) is 0 Å². The quantitative estimate of drug-likeness (QED) is 0.916. The first-order valence-corrected chi connectivity index (χ1v) is 8.81. The molecule has 1 atom stereocenters. The van der Waals surface area contributed by atoms with Crippen molar-refractivity contribution in [3.8, 4) is 0 Å². The van der Waals surface area contributed by atoms with Gasteiger partial charge in [-0.1, -0.05) is 43.2 Å². The van der Waals surface area contributed by atoms with E-state index in [0.29, 0.717) is 6.42 Å². The van der Waals surface area contributed by atoms with Gasteiger partial charge in [0.05, 0.1) is 18.1 Å². The fourth-order valence-corrected chi connectivity index (χ4v) is 3.23. The van der Waals surface area contributed by atoms with Crippen LogP contribution in [0.15, 0.2) is 42.9 Å². The summed E-state index contributed by atoms with van der Waals surface area (Å²) in [6, 6.07) is 9.76. The van der Waals surface area contributed by atoms with Gasteiger partial charge in [0, 0.05) is 32.3 Å². The first-order valence-electron chi connectivity index (χ1n) is 8.81. The Bertz CT molecular complexity index is 644. The summed E-state index contributed by atoms with van der Waals surface area (Å²) in [6.07, 6.45) is 8.89. The molecule has 1 fully saturated rings. The number of amides is 1. The number of nitrogens with two attached hydrogens (primary N) is 1. The average molecular weight is 326 g/mol. The maximum atomic E-state index is 12.5. The zero-order valence-corrected chi connectivity index (χ0v) is 14.1. The summed E-state index contributed by atoms with van der Waals surface area (Å²) in [7, 11) is 0. The topological polar surface area (TPSA) is 64.2 Å². The highest BCUT2D eigenvalue weighted by molar-refractivity contribution is 5.81. The molecule has 1 amide bonds. The Balaban J connectivity index is 1.56. The van der Waals surface area contributed by atoms with Gasteiger partial charge in [0.15, 0.2) is 0 Å². The summed E-state index contributed by atoms with van der Waals surface area (Å²) in [6.45, 7) is 2.47. The second-order valence-corrected chi connectivity index (χ2v) is 6.57. The van der Waals surface area contributed by atoms with Gasteiger partial charge >= 0.3 is 0 Å². The lowest BCUT2D eigenvalue weighted by molar-refractivity contribution is -0.132. The van der Waals surface area contributed by atoms with E-state index in [9.17, 15) is 4.79 Å². The van der Waals surface area contributed by atoms with Crippen molar-refractivity contribution in [2.24, 2.45) is 5.73 Å². The minimum atomic E-state index is -0.497. The Morgan fingerprint density at radius 2 is 1.83 bits per heavy atom. The van der Waals surface area contributed by atoms with Crippen molar-refractivity contribution in [3.05, 3.63) is 54.1 Å². The molecule has 0 unspecified atom stereocenters. The molecule has 5 heteroatoms. The van der Waals surface area contributed by atoms with E-state index >= 15 is 0 Å². The molecule has 1 aliphatic heterocycles. The van der Waals surface area contributed by atoms with Gasteiger partial charge in [-0.2, -0.15) is 0 Å². The highest BCUT2D eigenvalue weighted by atomic mass is 16.2. The monoisotopic (exact) mass is 326 g/mol. The largest absolute Gasteiger partial charge is 0.341 e. The summed E-state index contributed by atoms with van der Waals surface area (Å²) >= 11 is 0. The molecule has 5 nitrogen and oxygen atoms in total. The lowest BCUT2D eigenvalue weighted by atomic mass is 10.1. The molecule has 0 radical (unpaired) electrons. The number of benzene rings is 1. The zero-order valence-electron chi connectivity index (χ0n) is 14.1. The van der Waals surface area contributed by atoms with Crippen LogP contribution in [0, 0.1) is 0 Å². The summed E-state index contributed by atoms with van der Waals surface area (Å²) in [5, 5.41) is 0. The molecule has 3 rings (SSSR count). The fourth-order valence-electron chi connectivity index (χ4n) is 3.23. The summed E-state index contributed by atoms with van der Waals surface area (Å²) in [5.41, 5.74) is 8.26. The molecule has 2 heterocycles. The van der Waals surface area contributed by atoms with Crippen LogP contribution in [-0.4, -0.2) is 39.5 Å². The molecule has 0 spiro atoms. The third-order valence-corrected chi connectivity index (χ3v) is 4.56. The standard InChI is InChI=1S/C19H26N4O/c20-18(19(24)23-10-6-1-2-7-11-23)12-17-14-22(15-21-17)13-16-8-4-3-5-9-16/h3-5,8-9,14-15,18H,1-2,6-7,10-13,20H2/t18-/m0/s1. The van der Waals surface area contributed by atoms with Gasteiger partial charge < -0.3 is 15.2 Å². The predicted molar refractivity (Wildman–Crippen MR) is 94.5 cm³/mol. The third-order valence-electron chi connectivity index (χ3n) is 4.56. The highest BCUT2D eigenvalue weighted by Crippen LogP contribution is 2.12. The first kappa shape index (κ1) is 16.7. The summed E-state index contributed by atoms with van der Waals surface area (Å²) in [5.74, 6) is 0.0644. The zero-order chi connectivity index (χ0) is 16.8. The van der Waals surface area contributed by atoms with Crippen molar-refractivity contribution >= 4 is 5.91 Å². The van der Waals surface area contributed by atoms with Gasteiger partial charge in [0.25, 0.3) is 0 Å². The van der Waals surface area contributed by atoms with E-state index in [1.807, 2.05) is 40.2 Å². The molecule has 2 aromatic rings. The van der Waals surface area contributed by atoms with E-state index in [0.717, 1.165) is 38.2 Å². The van der Waals surface area contributed by atoms with Crippen LogP contribution in [0.3, 0.4) is 0 Å². The van der Waals surface area contributed by atoms with Gasteiger partial charge in [-0.25, -0.2) is 4.98 Å². The van der Waals surface area contributed by atoms with Crippen LogP contribution in [0.5, 0.6) is 0 Å². The third kappa shape index (κ3) is 4.45. The molecular weight excluding hydrogens is 300 g/mol. The smallest absolute Gasteiger partial charge is 0.239 e. The Morgan fingerprint density at radius 3 is 2.54 bits per heavy atom. The van der Waals surface area contributed by atoms with Crippen LogP contribution >= 0.6 is 0 Å². The predicted octanol–water partition coefficient (Wildman–Crippen LogP) is 2.20. The number of likely N-dealkylation sites (tertiary alicyclic amines) is 1. The number of aromatic nitrogens is 2. The molecule has 0 bridgehead atoms. The van der Waals surface area contributed by atoms with E-state index in [4.69, 9.17) is 5.73 Å². The maximum Gasteiger partial charge on any atom is 0.239 e. The van der Waals surface area contributed by atoms with Gasteiger partial charge in [0.2, 0.25) is 5.91 Å². The Hall–Kier alpha value is -2.14. The van der Waals surface area contributed by atoms with Crippen molar-refractivity contribution in [1.82, 2.24) is 14.5 Å². The Labute approximate surface area is 143 Å². The molecular formula is C19H26N4O. The summed E-state index contributed by atoms with van der Waals surface area (Å²) in [4.78, 5) is 18.9. The number of imidazole rings is 1. The number of nitrogens with zero attached hydrogens (tertiary/aromatic N) is 3. The highest BCUT2D eigenvalue weighted by Gasteiger charge is 2.22. The van der Waals surface area contributed by atoms with Crippen LogP contribution in [-0.2, 0) is 17.8 Å². The number of carbonyl (C=O) groups excluding carboxylic acids is 1. The Kier molecular flexibility index (Phi) is 5.64. The van der Waals surface area contributed by atoms with Crippen LogP contribution < -0.4 is 5.73 Å². The molecule has 1 saturated heterocycles. The lowest BCUT2D eigenvalue weighted by Crippen LogP contribution is -2.45. The molecule has 24 heavy (non-hydrogen) atoms. The van der Waals surface area contributed by atoms with Crippen LogP contribution in [0.4, 0.5) is 0 Å². The first-order chi connectivity index (χ1) is 11.7. The van der Waals surface area contributed by atoms with E-state index in [1.165, 1.54) is 18.4 Å². The molecule has 0 saturated carbocycles. The molecule has 1 aromatic carbocycles. The SMILES string of the molecule is N[C@@H](Cc1cn(Cc2ccccc2)cn1)C(=O)N1CCCCCC1. The molecule has 1 aliphatic rings. The number of rotatable bonds is 5. The van der Waals surface area contributed by atoms with Gasteiger partial charge in [-0.05, 0) is 18.4 Å². The van der Waals surface area contributed by atoms with E-state index in [2.05, 4.69) is 17.1 Å². The van der Waals surface area contributed by atoms with Gasteiger partial charge in [-0.3, -0.25) is 4.79 Å². The van der Waals surface area contributed by atoms with Crippen molar-refractivity contribution in [2.45, 2.75) is 44.7 Å². The number of hydrogen-bond acceptors (Lipinski definition) is 3. The minimum absolute atomic E-state index is 0.0644. The second-order valence-electron chi connectivity index (χ2n) is 6.57. The molecule has 1 aromatic heterocycles. The van der Waals surface area contributed by atoms with E-state index in [-0.39, 0.29) is 5.91 Å². The minimum Gasteiger partial charge on any atom is -0.341 e. The number of hydrogen-bond donors (Lipinski definition) is 1. The number of carbonyl (C=O) groups is 1. The molecule has 0 aliphatic carbocycles. The average Bonchev–Trinajstić information content (AvgIpc) is 2.86. The van der Waals surface area contributed by atoms with Crippen LogP contribution in [0.25, 0.3) is 0 Å². The Morgan fingerprint density at radius 1 is 1.12 bits per heavy atom. The molecule has 128 valence electrons. The van der Waals surface area contributed by atoms with Crippen molar-refractivity contribution in [1.29, 1.82) is 0 Å². The van der Waals surface area contributed by atoms with Gasteiger partial charge in [0.1, 0.15) is 0 Å². The second kappa shape index (κ2) is 8.11. The fraction of sp³-hybridized carbons (Fsp3) is 0.474. The van der Waals surface area contributed by atoms with Crippen molar-refractivity contribution in [3.63, 3.8) is 0 Å². The van der Waals surface area contributed by atoms with Gasteiger partial charge in [-0.15, -0.1) is 0 Å². The normalized spacial score (nSPS) is 16.6. The maximum absolute atomic E-state index is 12.5. The summed E-state index contributed by atoms with van der Waals surface area (Å²) < 4.78 is 2.04. The van der Waals surface area contributed by atoms with Crippen LogP contribution in [0.2, 0.25) is 0 Å². The van der Waals surface area contributed by atoms with E-state index < -0.39 is 6.04 Å². The van der Waals surface area contributed by atoms with Crippen LogP contribution in [0.1, 0.15) is 36.9 Å². The van der Waals surface area contributed by atoms with Crippen molar-refractivity contribution < 1.29 is 4.79 Å². The van der Waals surface area contributed by atoms with Crippen molar-refractivity contribution in [2.75, 3.05) is 13.1 Å². The molecule has 2 N–H and O–H groups in total. The lowest BCUT2D eigenvalue weighted by Gasteiger charge is -2.23.